The molecular formula is C13H9Cl2N3O. The molecule has 96 valence electrons. The van der Waals surface area contributed by atoms with Crippen molar-refractivity contribution in [3.05, 3.63) is 46.6 Å². The van der Waals surface area contributed by atoms with Crippen LogP contribution in [0, 0.1) is 0 Å². The van der Waals surface area contributed by atoms with Gasteiger partial charge in [0.1, 0.15) is 5.69 Å². The SMILES string of the molecule is Cn1ccc(Cl)c1-c1nc(-c2ccc(Cl)cc2)no1. The molecule has 0 aliphatic carbocycles. The van der Waals surface area contributed by atoms with Gasteiger partial charge < -0.3 is 9.09 Å². The molecule has 3 aromatic rings. The van der Waals surface area contributed by atoms with Crippen LogP contribution in [-0.4, -0.2) is 14.7 Å². The lowest BCUT2D eigenvalue weighted by Gasteiger charge is -1.97. The number of benzene rings is 1. The van der Waals surface area contributed by atoms with Gasteiger partial charge in [-0.1, -0.05) is 28.4 Å². The fourth-order valence-electron chi connectivity index (χ4n) is 1.79. The lowest BCUT2D eigenvalue weighted by Crippen LogP contribution is -1.90. The van der Waals surface area contributed by atoms with E-state index >= 15 is 0 Å². The third-order valence-corrected chi connectivity index (χ3v) is 3.31. The number of aromatic nitrogens is 3. The van der Waals surface area contributed by atoms with Crippen molar-refractivity contribution in [1.29, 1.82) is 0 Å². The minimum Gasteiger partial charge on any atom is -0.345 e. The van der Waals surface area contributed by atoms with Gasteiger partial charge in [-0.25, -0.2) is 0 Å². The molecule has 0 N–H and O–H groups in total. The first kappa shape index (κ1) is 12.3. The number of aryl methyl sites for hydroxylation is 1. The zero-order valence-corrected chi connectivity index (χ0v) is 11.5. The van der Waals surface area contributed by atoms with Gasteiger partial charge in [-0.15, -0.1) is 0 Å². The van der Waals surface area contributed by atoms with Crippen LogP contribution >= 0.6 is 23.2 Å². The molecule has 3 rings (SSSR count). The summed E-state index contributed by atoms with van der Waals surface area (Å²) in [6.45, 7) is 0. The van der Waals surface area contributed by atoms with Crippen LogP contribution in [0.25, 0.3) is 23.0 Å². The first-order chi connectivity index (χ1) is 9.15. The molecule has 0 unspecified atom stereocenters. The number of hydrogen-bond acceptors (Lipinski definition) is 3. The smallest absolute Gasteiger partial charge is 0.276 e. The van der Waals surface area contributed by atoms with Crippen LogP contribution in [0.3, 0.4) is 0 Å². The van der Waals surface area contributed by atoms with Gasteiger partial charge in [-0.05, 0) is 30.3 Å². The normalized spacial score (nSPS) is 10.9. The predicted molar refractivity (Wildman–Crippen MR) is 74.2 cm³/mol. The molecular weight excluding hydrogens is 285 g/mol. The summed E-state index contributed by atoms with van der Waals surface area (Å²) in [7, 11) is 1.87. The summed E-state index contributed by atoms with van der Waals surface area (Å²) in [6.07, 6.45) is 1.84. The lowest BCUT2D eigenvalue weighted by atomic mass is 10.2. The topological polar surface area (TPSA) is 43.9 Å². The van der Waals surface area contributed by atoms with Gasteiger partial charge in [-0.2, -0.15) is 4.98 Å². The third-order valence-electron chi connectivity index (χ3n) is 2.75. The van der Waals surface area contributed by atoms with E-state index in [0.29, 0.717) is 27.5 Å². The molecule has 0 aliphatic heterocycles. The second-order valence-corrected chi connectivity index (χ2v) is 4.90. The highest BCUT2D eigenvalue weighted by molar-refractivity contribution is 6.33. The minimum atomic E-state index is 0.391. The monoisotopic (exact) mass is 293 g/mol. The largest absolute Gasteiger partial charge is 0.345 e. The molecule has 0 amide bonds. The Morgan fingerprint density at radius 1 is 1.11 bits per heavy atom. The molecule has 0 saturated carbocycles. The molecule has 2 heterocycles. The zero-order valence-electron chi connectivity index (χ0n) is 9.97. The highest BCUT2D eigenvalue weighted by atomic mass is 35.5. The van der Waals surface area contributed by atoms with Crippen LogP contribution in [0.2, 0.25) is 10.0 Å². The van der Waals surface area contributed by atoms with Crippen molar-refractivity contribution in [1.82, 2.24) is 14.7 Å². The average molecular weight is 294 g/mol. The second-order valence-electron chi connectivity index (χ2n) is 4.05. The third kappa shape index (κ3) is 2.25. The van der Waals surface area contributed by atoms with Crippen molar-refractivity contribution < 1.29 is 4.52 Å². The van der Waals surface area contributed by atoms with E-state index in [4.69, 9.17) is 27.7 Å². The quantitative estimate of drug-likeness (QED) is 0.716. The first-order valence-corrected chi connectivity index (χ1v) is 6.31. The Labute approximate surface area is 119 Å². The van der Waals surface area contributed by atoms with Gasteiger partial charge in [0, 0.05) is 23.8 Å². The molecule has 19 heavy (non-hydrogen) atoms. The molecule has 0 bridgehead atoms. The highest BCUT2D eigenvalue weighted by Crippen LogP contribution is 2.28. The fourth-order valence-corrected chi connectivity index (χ4v) is 2.18. The summed E-state index contributed by atoms with van der Waals surface area (Å²) in [6, 6.07) is 9.01. The second kappa shape index (κ2) is 4.72. The molecule has 0 aliphatic rings. The van der Waals surface area contributed by atoms with Gasteiger partial charge >= 0.3 is 0 Å². The van der Waals surface area contributed by atoms with Crippen LogP contribution in [0.5, 0.6) is 0 Å². The Bertz CT molecular complexity index is 696. The van der Waals surface area contributed by atoms with Crippen molar-refractivity contribution in [2.24, 2.45) is 7.05 Å². The van der Waals surface area contributed by atoms with Crippen LogP contribution in [0.4, 0.5) is 0 Å². The number of hydrogen-bond donors (Lipinski definition) is 0. The summed E-state index contributed by atoms with van der Waals surface area (Å²) in [4.78, 5) is 4.35. The molecule has 1 aromatic carbocycles. The molecule has 0 saturated heterocycles. The van der Waals surface area contributed by atoms with Gasteiger partial charge in [0.2, 0.25) is 5.82 Å². The highest BCUT2D eigenvalue weighted by Gasteiger charge is 2.16. The fraction of sp³-hybridized carbons (Fsp3) is 0.0769. The maximum Gasteiger partial charge on any atom is 0.276 e. The van der Waals surface area contributed by atoms with Crippen LogP contribution < -0.4 is 0 Å². The van der Waals surface area contributed by atoms with Gasteiger partial charge in [0.15, 0.2) is 0 Å². The molecule has 6 heteroatoms. The van der Waals surface area contributed by atoms with Gasteiger partial charge in [0.05, 0.1) is 5.02 Å². The standard InChI is InChI=1S/C13H9Cl2N3O/c1-18-7-6-10(15)11(18)13-16-12(17-19-13)8-2-4-9(14)5-3-8/h2-7H,1H3. The minimum absolute atomic E-state index is 0.391. The molecule has 0 radical (unpaired) electrons. The van der Waals surface area contributed by atoms with Crippen molar-refractivity contribution in [3.8, 4) is 23.0 Å². The first-order valence-electron chi connectivity index (χ1n) is 5.56. The zero-order chi connectivity index (χ0) is 13.4. The van der Waals surface area contributed by atoms with E-state index in [9.17, 15) is 0 Å². The Balaban J connectivity index is 2.02. The molecule has 4 nitrogen and oxygen atoms in total. The van der Waals surface area contributed by atoms with E-state index in [1.165, 1.54) is 0 Å². The van der Waals surface area contributed by atoms with Crippen molar-refractivity contribution in [2.45, 2.75) is 0 Å². The number of rotatable bonds is 2. The van der Waals surface area contributed by atoms with Crippen molar-refractivity contribution >= 4 is 23.2 Å². The summed E-state index contributed by atoms with van der Waals surface area (Å²) in [5.74, 6) is 0.895. The van der Waals surface area contributed by atoms with Crippen LogP contribution in [0.1, 0.15) is 0 Å². The Kier molecular flexibility index (Phi) is 3.05. The molecule has 0 spiro atoms. The molecule has 0 atom stereocenters. The van der Waals surface area contributed by atoms with Gasteiger partial charge in [0.25, 0.3) is 5.89 Å². The van der Waals surface area contributed by atoms with E-state index in [1.807, 2.05) is 29.9 Å². The maximum absolute atomic E-state index is 6.09. The Hall–Kier alpha value is -1.78. The number of halogens is 2. The summed E-state index contributed by atoms with van der Waals surface area (Å²) >= 11 is 11.9. The van der Waals surface area contributed by atoms with E-state index in [1.54, 1.807) is 18.2 Å². The van der Waals surface area contributed by atoms with Gasteiger partial charge in [-0.3, -0.25) is 0 Å². The molecule has 0 fully saturated rings. The lowest BCUT2D eigenvalue weighted by molar-refractivity contribution is 0.429. The van der Waals surface area contributed by atoms with E-state index in [0.717, 1.165) is 5.56 Å². The predicted octanol–water partition coefficient (Wildman–Crippen LogP) is 4.05. The van der Waals surface area contributed by atoms with Crippen LogP contribution in [-0.2, 0) is 7.05 Å². The van der Waals surface area contributed by atoms with E-state index < -0.39 is 0 Å². The molecule has 2 aromatic heterocycles. The number of nitrogens with zero attached hydrogens (tertiary/aromatic N) is 3. The Morgan fingerprint density at radius 3 is 2.47 bits per heavy atom. The van der Waals surface area contributed by atoms with Crippen molar-refractivity contribution in [3.63, 3.8) is 0 Å². The summed E-state index contributed by atoms with van der Waals surface area (Å²) < 4.78 is 7.09. The van der Waals surface area contributed by atoms with E-state index in [-0.39, 0.29) is 0 Å². The summed E-state index contributed by atoms with van der Waals surface area (Å²) in [5, 5.41) is 5.20. The Morgan fingerprint density at radius 2 is 1.84 bits per heavy atom. The van der Waals surface area contributed by atoms with E-state index in [2.05, 4.69) is 10.1 Å². The maximum atomic E-state index is 6.09. The average Bonchev–Trinajstić information content (AvgIpc) is 2.98. The summed E-state index contributed by atoms with van der Waals surface area (Å²) in [5.41, 5.74) is 1.54. The van der Waals surface area contributed by atoms with Crippen molar-refractivity contribution in [2.75, 3.05) is 0 Å². The van der Waals surface area contributed by atoms with Crippen LogP contribution in [0.15, 0.2) is 41.1 Å².